The van der Waals surface area contributed by atoms with Crippen molar-refractivity contribution >= 4 is 22.5 Å². The fourth-order valence-corrected chi connectivity index (χ4v) is 4.16. The first-order valence-electron chi connectivity index (χ1n) is 11.1. The largest absolute Gasteiger partial charge is 0.433 e. The maximum Gasteiger partial charge on any atom is 0.433 e. The molecule has 2 aromatic heterocycles. The van der Waals surface area contributed by atoms with Crippen molar-refractivity contribution in [2.24, 2.45) is 0 Å². The van der Waals surface area contributed by atoms with Crippen molar-refractivity contribution in [2.75, 3.05) is 5.32 Å². The van der Waals surface area contributed by atoms with Crippen LogP contribution in [-0.2, 0) is 6.18 Å². The number of alkyl halides is 3. The molecule has 0 unspecified atom stereocenters. The maximum absolute atomic E-state index is 13.4. The molecule has 0 saturated heterocycles. The molecule has 1 aliphatic rings. The molecule has 1 atom stereocenters. The molecule has 0 spiro atoms. The molecule has 10 heteroatoms. The minimum atomic E-state index is -4.56. The van der Waals surface area contributed by atoms with Crippen molar-refractivity contribution < 1.29 is 18.0 Å². The number of amides is 1. The lowest BCUT2D eigenvalue weighted by atomic mass is 9.99. The molecule has 0 fully saturated rings. The van der Waals surface area contributed by atoms with Crippen LogP contribution in [0.15, 0.2) is 78.8 Å². The van der Waals surface area contributed by atoms with E-state index in [-0.39, 0.29) is 17.5 Å². The van der Waals surface area contributed by atoms with E-state index in [9.17, 15) is 18.0 Å². The minimum absolute atomic E-state index is 0.259. The highest BCUT2D eigenvalue weighted by atomic mass is 19.4. The van der Waals surface area contributed by atoms with E-state index in [2.05, 4.69) is 25.8 Å². The van der Waals surface area contributed by atoms with Crippen LogP contribution in [0.2, 0.25) is 0 Å². The van der Waals surface area contributed by atoms with E-state index < -0.39 is 11.9 Å². The van der Waals surface area contributed by atoms with Gasteiger partial charge < -0.3 is 10.6 Å². The number of carbonyl (C=O) groups excluding carboxylic acids is 1. The van der Waals surface area contributed by atoms with Crippen LogP contribution in [0.3, 0.4) is 0 Å². The van der Waals surface area contributed by atoms with Gasteiger partial charge in [-0.3, -0.25) is 4.79 Å². The van der Waals surface area contributed by atoms with Crippen LogP contribution in [0.25, 0.3) is 16.6 Å². The van der Waals surface area contributed by atoms with Gasteiger partial charge in [0.25, 0.3) is 5.91 Å². The summed E-state index contributed by atoms with van der Waals surface area (Å²) in [6.07, 6.45) is 2.49. The molecule has 2 aromatic carbocycles. The third-order valence-corrected chi connectivity index (χ3v) is 5.76. The summed E-state index contributed by atoms with van der Waals surface area (Å²) in [7, 11) is 0. The van der Waals surface area contributed by atoms with Gasteiger partial charge in [-0.15, -0.1) is 0 Å². The number of rotatable bonds is 5. The fourth-order valence-electron chi connectivity index (χ4n) is 4.16. The van der Waals surface area contributed by atoms with E-state index in [1.54, 1.807) is 48.5 Å². The summed E-state index contributed by atoms with van der Waals surface area (Å²) in [6, 6.07) is 14.4. The van der Waals surface area contributed by atoms with Crippen LogP contribution >= 0.6 is 0 Å². The Balaban J connectivity index is 1.39. The quantitative estimate of drug-likeness (QED) is 0.416. The normalized spacial score (nSPS) is 16.1. The molecule has 4 aromatic rings. The summed E-state index contributed by atoms with van der Waals surface area (Å²) in [5, 5.41) is 15.0. The zero-order valence-electron chi connectivity index (χ0n) is 18.5. The van der Waals surface area contributed by atoms with Gasteiger partial charge in [0.15, 0.2) is 0 Å². The Hall–Kier alpha value is -4.21. The Bertz CT molecular complexity index is 1400. The van der Waals surface area contributed by atoms with Crippen LogP contribution in [0.1, 0.15) is 35.3 Å². The number of hydrogen-bond acceptors (Lipinski definition) is 5. The maximum atomic E-state index is 13.4. The molecule has 0 aliphatic heterocycles. The van der Waals surface area contributed by atoms with Gasteiger partial charge in [-0.1, -0.05) is 30.3 Å². The molecule has 178 valence electrons. The van der Waals surface area contributed by atoms with E-state index in [1.807, 2.05) is 6.08 Å². The van der Waals surface area contributed by atoms with Crippen LogP contribution in [0.5, 0.6) is 0 Å². The molecule has 2 N–H and O–H groups in total. The third kappa shape index (κ3) is 4.86. The predicted octanol–water partition coefficient (Wildman–Crippen LogP) is 5.11. The summed E-state index contributed by atoms with van der Waals surface area (Å²) in [4.78, 5) is 18.2. The zero-order valence-corrected chi connectivity index (χ0v) is 18.5. The van der Waals surface area contributed by atoms with Crippen molar-refractivity contribution in [3.63, 3.8) is 0 Å². The summed E-state index contributed by atoms with van der Waals surface area (Å²) in [6.45, 7) is 0. The Kier molecular flexibility index (Phi) is 5.94. The number of carbonyl (C=O) groups is 1. The molecule has 0 radical (unpaired) electrons. The van der Waals surface area contributed by atoms with Gasteiger partial charge in [0.1, 0.15) is 5.69 Å². The van der Waals surface area contributed by atoms with Crippen molar-refractivity contribution in [3.05, 3.63) is 90.0 Å². The third-order valence-electron chi connectivity index (χ3n) is 5.76. The standard InChI is InChI=1S/C25H21F3N6O/c26-25(27,28)23-15-21(18-8-1-3-10-20(18)33-23)31-16-6-5-7-17(14-16)32-24(35)19-9-2-4-11-22(19)34-29-12-13-30-34/h1-4,8-15,17H,5-7H2,(H,31,33)(H,32,35)/t17-/m1/s1. The highest BCUT2D eigenvalue weighted by molar-refractivity contribution is 5.98. The number of para-hydroxylation sites is 2. The summed E-state index contributed by atoms with van der Waals surface area (Å²) >= 11 is 0. The number of halogens is 3. The molecule has 5 rings (SSSR count). The zero-order chi connectivity index (χ0) is 24.4. The highest BCUT2D eigenvalue weighted by Gasteiger charge is 2.33. The van der Waals surface area contributed by atoms with E-state index in [0.29, 0.717) is 35.2 Å². The van der Waals surface area contributed by atoms with E-state index >= 15 is 0 Å². The van der Waals surface area contributed by atoms with Crippen LogP contribution in [0.4, 0.5) is 18.9 Å². The fraction of sp³-hybridized carbons (Fsp3) is 0.200. The average Bonchev–Trinajstić information content (AvgIpc) is 3.39. The molecule has 1 aliphatic carbocycles. The Morgan fingerprint density at radius 2 is 1.77 bits per heavy atom. The molecular formula is C25H21F3N6O. The van der Waals surface area contributed by atoms with Gasteiger partial charge in [-0.25, -0.2) is 4.98 Å². The molecule has 7 nitrogen and oxygen atoms in total. The van der Waals surface area contributed by atoms with Crippen molar-refractivity contribution in [2.45, 2.75) is 31.5 Å². The van der Waals surface area contributed by atoms with Crippen molar-refractivity contribution in [3.8, 4) is 5.69 Å². The van der Waals surface area contributed by atoms with Gasteiger partial charge in [0, 0.05) is 22.8 Å². The molecule has 1 amide bonds. The Morgan fingerprint density at radius 3 is 2.57 bits per heavy atom. The number of nitrogens with zero attached hydrogens (tertiary/aromatic N) is 4. The van der Waals surface area contributed by atoms with Crippen LogP contribution in [-0.4, -0.2) is 31.9 Å². The van der Waals surface area contributed by atoms with Crippen molar-refractivity contribution in [1.82, 2.24) is 25.3 Å². The number of aromatic nitrogens is 4. The summed E-state index contributed by atoms with van der Waals surface area (Å²) < 4.78 is 40.2. The summed E-state index contributed by atoms with van der Waals surface area (Å²) in [5.74, 6) is -0.283. The number of benzene rings is 2. The second-order valence-corrected chi connectivity index (χ2v) is 8.19. The Morgan fingerprint density at radius 1 is 1.03 bits per heavy atom. The van der Waals surface area contributed by atoms with E-state index in [1.165, 1.54) is 17.2 Å². The SMILES string of the molecule is O=C(N[C@H]1C=C(Nc2cc(C(F)(F)F)nc3ccccc23)CCC1)c1ccccc1-n1nccn1. The molecule has 35 heavy (non-hydrogen) atoms. The van der Waals surface area contributed by atoms with E-state index in [4.69, 9.17) is 0 Å². The monoisotopic (exact) mass is 478 g/mol. The number of pyridine rings is 1. The topological polar surface area (TPSA) is 84.7 Å². The number of allylic oxidation sites excluding steroid dienone is 1. The van der Waals surface area contributed by atoms with Crippen molar-refractivity contribution in [1.29, 1.82) is 0 Å². The first kappa shape index (κ1) is 22.6. The number of hydrogen-bond donors (Lipinski definition) is 2. The molecular weight excluding hydrogens is 457 g/mol. The first-order valence-corrected chi connectivity index (χ1v) is 11.1. The van der Waals surface area contributed by atoms with Gasteiger partial charge >= 0.3 is 6.18 Å². The first-order chi connectivity index (χ1) is 16.9. The van der Waals surface area contributed by atoms with Crippen LogP contribution in [0, 0.1) is 0 Å². The van der Waals surface area contributed by atoms with Gasteiger partial charge in [0.2, 0.25) is 0 Å². The number of nitrogens with one attached hydrogen (secondary N) is 2. The lowest BCUT2D eigenvalue weighted by molar-refractivity contribution is -0.140. The number of fused-ring (bicyclic) bond motifs is 1. The average molecular weight is 478 g/mol. The molecule has 2 heterocycles. The van der Waals surface area contributed by atoms with Gasteiger partial charge in [-0.2, -0.15) is 28.2 Å². The second-order valence-electron chi connectivity index (χ2n) is 8.19. The van der Waals surface area contributed by atoms with Gasteiger partial charge in [-0.05, 0) is 49.6 Å². The lowest BCUT2D eigenvalue weighted by Crippen LogP contribution is -2.36. The Labute approximate surface area is 198 Å². The molecule has 0 bridgehead atoms. The van der Waals surface area contributed by atoms with Gasteiger partial charge in [0.05, 0.1) is 29.2 Å². The summed E-state index contributed by atoms with van der Waals surface area (Å²) in [5.41, 5.74) is 1.35. The number of anilines is 1. The minimum Gasteiger partial charge on any atom is -0.359 e. The van der Waals surface area contributed by atoms with E-state index in [0.717, 1.165) is 18.2 Å². The highest BCUT2D eigenvalue weighted by Crippen LogP contribution is 2.34. The smallest absolute Gasteiger partial charge is 0.359 e. The predicted molar refractivity (Wildman–Crippen MR) is 125 cm³/mol. The molecule has 0 saturated carbocycles. The lowest BCUT2D eigenvalue weighted by Gasteiger charge is -2.24. The second kappa shape index (κ2) is 9.21. The van der Waals surface area contributed by atoms with Crippen LogP contribution < -0.4 is 10.6 Å².